The molecule has 14 heavy (non-hydrogen) atoms. The highest BCUT2D eigenvalue weighted by Crippen LogP contribution is 2.03. The Balaban J connectivity index is 2.35. The van der Waals surface area contributed by atoms with Crippen molar-refractivity contribution in [1.29, 1.82) is 0 Å². The van der Waals surface area contributed by atoms with E-state index in [0.717, 1.165) is 5.01 Å². The molecule has 0 aromatic heterocycles. The number of nitro groups is 1. The highest BCUT2D eigenvalue weighted by molar-refractivity contribution is 5.67. The predicted octanol–water partition coefficient (Wildman–Crippen LogP) is -0.0478. The van der Waals surface area contributed by atoms with Crippen molar-refractivity contribution < 1.29 is 14.6 Å². The quantitative estimate of drug-likeness (QED) is 0.464. The minimum Gasteiger partial charge on any atom is -0.450 e. The first kappa shape index (κ1) is 10.6. The van der Waals surface area contributed by atoms with Crippen LogP contribution in [0, 0.1) is 10.1 Å². The summed E-state index contributed by atoms with van der Waals surface area (Å²) in [5.41, 5.74) is 0. The zero-order chi connectivity index (χ0) is 10.6. The van der Waals surface area contributed by atoms with Gasteiger partial charge in [-0.15, -0.1) is 5.01 Å². The van der Waals surface area contributed by atoms with Crippen LogP contribution < -0.4 is 0 Å². The molecular formula is C7H13N3O4. The molecule has 1 rings (SSSR count). The molecule has 1 aliphatic rings. The van der Waals surface area contributed by atoms with E-state index in [1.54, 1.807) is 6.92 Å². The second-order valence-corrected chi connectivity index (χ2v) is 2.88. The molecule has 1 aliphatic heterocycles. The normalized spacial score (nSPS) is 16.6. The second-order valence-electron chi connectivity index (χ2n) is 2.88. The van der Waals surface area contributed by atoms with E-state index in [9.17, 15) is 14.9 Å². The van der Waals surface area contributed by atoms with Crippen LogP contribution in [0.15, 0.2) is 0 Å². The summed E-state index contributed by atoms with van der Waals surface area (Å²) in [7, 11) is 0. The van der Waals surface area contributed by atoms with Gasteiger partial charge in [0, 0.05) is 13.1 Å². The number of nitrogens with zero attached hydrogens (tertiary/aromatic N) is 3. The van der Waals surface area contributed by atoms with Crippen LogP contribution >= 0.6 is 0 Å². The van der Waals surface area contributed by atoms with Gasteiger partial charge < -0.3 is 9.64 Å². The number of hydrazine groups is 1. The summed E-state index contributed by atoms with van der Waals surface area (Å²) < 4.78 is 4.78. The first-order valence-electron chi connectivity index (χ1n) is 4.46. The van der Waals surface area contributed by atoms with Crippen LogP contribution in [0.3, 0.4) is 0 Å². The zero-order valence-corrected chi connectivity index (χ0v) is 8.01. The second kappa shape index (κ2) is 4.64. The summed E-state index contributed by atoms with van der Waals surface area (Å²) in [6, 6.07) is 0. The molecule has 0 bridgehead atoms. The lowest BCUT2D eigenvalue weighted by Gasteiger charge is -2.28. The fourth-order valence-electron chi connectivity index (χ4n) is 1.26. The van der Waals surface area contributed by atoms with Crippen molar-refractivity contribution >= 4 is 6.09 Å². The third-order valence-electron chi connectivity index (χ3n) is 2.01. The molecule has 1 fully saturated rings. The first-order valence-corrected chi connectivity index (χ1v) is 4.46. The molecule has 7 nitrogen and oxygen atoms in total. The van der Waals surface area contributed by atoms with Crippen LogP contribution in [-0.2, 0) is 4.74 Å². The maximum Gasteiger partial charge on any atom is 0.409 e. The van der Waals surface area contributed by atoms with E-state index in [2.05, 4.69) is 0 Å². The van der Waals surface area contributed by atoms with Gasteiger partial charge in [-0.1, -0.05) is 0 Å². The van der Waals surface area contributed by atoms with Gasteiger partial charge in [-0.05, 0) is 6.92 Å². The highest BCUT2D eigenvalue weighted by atomic mass is 16.7. The van der Waals surface area contributed by atoms with E-state index in [4.69, 9.17) is 4.74 Å². The molecule has 0 aliphatic carbocycles. The van der Waals surface area contributed by atoms with Crippen LogP contribution in [0.5, 0.6) is 0 Å². The van der Waals surface area contributed by atoms with Gasteiger partial charge in [-0.2, -0.15) is 0 Å². The molecule has 1 heterocycles. The third kappa shape index (κ3) is 2.48. The Morgan fingerprint density at radius 2 is 2.00 bits per heavy atom. The predicted molar refractivity (Wildman–Crippen MR) is 47.2 cm³/mol. The van der Waals surface area contributed by atoms with Gasteiger partial charge in [-0.25, -0.2) is 14.9 Å². The third-order valence-corrected chi connectivity index (χ3v) is 2.01. The van der Waals surface area contributed by atoms with Gasteiger partial charge in [0.25, 0.3) is 0 Å². The number of piperazine rings is 1. The Hall–Kier alpha value is -1.53. The first-order chi connectivity index (χ1) is 6.65. The Morgan fingerprint density at radius 3 is 2.43 bits per heavy atom. The Labute approximate surface area is 81.3 Å². The molecule has 0 aromatic rings. The van der Waals surface area contributed by atoms with Crippen LogP contribution in [0.2, 0.25) is 0 Å². The van der Waals surface area contributed by atoms with E-state index < -0.39 is 11.1 Å². The summed E-state index contributed by atoms with van der Waals surface area (Å²) in [4.78, 5) is 23.0. The smallest absolute Gasteiger partial charge is 0.409 e. The molecule has 0 N–H and O–H groups in total. The fraction of sp³-hybridized carbons (Fsp3) is 0.857. The lowest BCUT2D eigenvalue weighted by Crippen LogP contribution is -2.50. The van der Waals surface area contributed by atoms with Gasteiger partial charge in [0.2, 0.25) is 0 Å². The zero-order valence-electron chi connectivity index (χ0n) is 8.01. The topological polar surface area (TPSA) is 75.9 Å². The largest absolute Gasteiger partial charge is 0.450 e. The summed E-state index contributed by atoms with van der Waals surface area (Å²) in [5, 5.41) is 11.0. The van der Waals surface area contributed by atoms with Gasteiger partial charge in [-0.3, -0.25) is 0 Å². The molecule has 1 amide bonds. The van der Waals surface area contributed by atoms with Crippen molar-refractivity contribution in [1.82, 2.24) is 9.91 Å². The lowest BCUT2D eigenvalue weighted by molar-refractivity contribution is -0.657. The molecule has 0 saturated carbocycles. The van der Waals surface area contributed by atoms with Crippen molar-refractivity contribution in [3.63, 3.8) is 0 Å². The van der Waals surface area contributed by atoms with Crippen LogP contribution in [-0.4, -0.2) is 53.8 Å². The summed E-state index contributed by atoms with van der Waals surface area (Å²) in [5.74, 6) is 0. The average Bonchev–Trinajstić information content (AvgIpc) is 2.18. The van der Waals surface area contributed by atoms with Crippen LogP contribution in [0.1, 0.15) is 6.92 Å². The maximum absolute atomic E-state index is 11.2. The number of ether oxygens (including phenoxy) is 1. The highest BCUT2D eigenvalue weighted by Gasteiger charge is 2.26. The van der Waals surface area contributed by atoms with E-state index in [-0.39, 0.29) is 13.1 Å². The van der Waals surface area contributed by atoms with Crippen molar-refractivity contribution in [3.8, 4) is 0 Å². The molecule has 0 unspecified atom stereocenters. The van der Waals surface area contributed by atoms with Crippen molar-refractivity contribution in [3.05, 3.63) is 10.1 Å². The molecular weight excluding hydrogens is 190 g/mol. The molecule has 1 saturated heterocycles. The molecule has 7 heteroatoms. The number of rotatable bonds is 2. The van der Waals surface area contributed by atoms with Crippen molar-refractivity contribution in [2.24, 2.45) is 0 Å². The maximum atomic E-state index is 11.2. The van der Waals surface area contributed by atoms with E-state index in [0.29, 0.717) is 19.7 Å². The van der Waals surface area contributed by atoms with Gasteiger partial charge >= 0.3 is 6.09 Å². The molecule has 0 radical (unpaired) electrons. The Morgan fingerprint density at radius 1 is 1.43 bits per heavy atom. The van der Waals surface area contributed by atoms with Crippen LogP contribution in [0.25, 0.3) is 0 Å². The number of hydrogen-bond donors (Lipinski definition) is 0. The van der Waals surface area contributed by atoms with Crippen LogP contribution in [0.4, 0.5) is 4.79 Å². The van der Waals surface area contributed by atoms with Crippen molar-refractivity contribution in [2.45, 2.75) is 6.92 Å². The van der Waals surface area contributed by atoms with Crippen molar-refractivity contribution in [2.75, 3.05) is 32.8 Å². The standard InChI is InChI=1S/C7H13N3O4/c1-2-14-7(11)8-3-5-9(6-4-8)10(12)13/h2-6H2,1H3. The lowest BCUT2D eigenvalue weighted by atomic mass is 10.4. The van der Waals surface area contributed by atoms with E-state index in [1.165, 1.54) is 4.90 Å². The van der Waals surface area contributed by atoms with E-state index >= 15 is 0 Å². The van der Waals surface area contributed by atoms with E-state index in [1.807, 2.05) is 0 Å². The minimum absolute atomic E-state index is 0.256. The molecule has 80 valence electrons. The average molecular weight is 203 g/mol. The monoisotopic (exact) mass is 203 g/mol. The van der Waals surface area contributed by atoms with Gasteiger partial charge in [0.1, 0.15) is 0 Å². The summed E-state index contributed by atoms with van der Waals surface area (Å²) >= 11 is 0. The van der Waals surface area contributed by atoms with Gasteiger partial charge in [0.05, 0.1) is 19.7 Å². The molecule has 0 aromatic carbocycles. The molecule has 0 spiro atoms. The summed E-state index contributed by atoms with van der Waals surface area (Å²) in [6.07, 6.45) is -0.393. The fourth-order valence-corrected chi connectivity index (χ4v) is 1.26. The number of hydrogen-bond acceptors (Lipinski definition) is 4. The number of carbonyl (C=O) groups excluding carboxylic acids is 1. The molecule has 0 atom stereocenters. The Bertz CT molecular complexity index is 225. The minimum atomic E-state index is -0.442. The Kier molecular flexibility index (Phi) is 3.49. The summed E-state index contributed by atoms with van der Waals surface area (Å²) in [6.45, 7) is 3.26. The SMILES string of the molecule is CCOC(=O)N1CCN([N+](=O)[O-])CC1. The number of carbonyl (C=O) groups is 1. The van der Waals surface area contributed by atoms with Gasteiger partial charge in [0.15, 0.2) is 5.03 Å². The number of amides is 1.